The number of ether oxygens (including phenoxy) is 1. The van der Waals surface area contributed by atoms with Crippen molar-refractivity contribution in [3.8, 4) is 5.75 Å². The summed E-state index contributed by atoms with van der Waals surface area (Å²) in [5.74, 6) is 1.11. The molecule has 0 saturated carbocycles. The number of unbranched alkanes of at least 4 members (excludes halogenated alkanes) is 1. The maximum absolute atomic E-state index is 12.8. The molecule has 0 aromatic heterocycles. The highest BCUT2D eigenvalue weighted by molar-refractivity contribution is 5.80. The quantitative estimate of drug-likeness (QED) is 0.783. The maximum atomic E-state index is 12.8. The molecule has 0 atom stereocenters. The third-order valence-electron chi connectivity index (χ3n) is 5.07. The van der Waals surface area contributed by atoms with Gasteiger partial charge in [0.25, 0.3) is 0 Å². The van der Waals surface area contributed by atoms with E-state index < -0.39 is 0 Å². The van der Waals surface area contributed by atoms with E-state index in [0.717, 1.165) is 48.2 Å². The number of nitrogens with zero attached hydrogens (tertiary/aromatic N) is 2. The Bertz CT molecular complexity index is 642. The molecule has 2 rings (SSSR count). The van der Waals surface area contributed by atoms with Crippen LogP contribution in [0.15, 0.2) is 12.1 Å². The van der Waals surface area contributed by atoms with Crippen LogP contribution >= 0.6 is 0 Å². The molecule has 1 aromatic carbocycles. The number of benzene rings is 1. The van der Waals surface area contributed by atoms with Crippen LogP contribution in [0.1, 0.15) is 49.3 Å². The largest absolute Gasteiger partial charge is 0.496 e. The van der Waals surface area contributed by atoms with Crippen LogP contribution in [-0.2, 0) is 16.0 Å². The van der Waals surface area contributed by atoms with E-state index in [1.807, 2.05) is 29.7 Å². The summed E-state index contributed by atoms with van der Waals surface area (Å²) in [6.45, 7) is 8.86. The second kappa shape index (κ2) is 9.60. The van der Waals surface area contributed by atoms with E-state index in [1.165, 1.54) is 0 Å². The fraction of sp³-hybridized carbons (Fsp3) is 0.619. The van der Waals surface area contributed by atoms with Crippen LogP contribution < -0.4 is 4.74 Å². The lowest BCUT2D eigenvalue weighted by atomic mass is 10.0. The number of hydrogen-bond acceptors (Lipinski definition) is 3. The number of rotatable bonds is 6. The third-order valence-corrected chi connectivity index (χ3v) is 5.07. The van der Waals surface area contributed by atoms with E-state index in [-0.39, 0.29) is 11.8 Å². The number of amides is 2. The van der Waals surface area contributed by atoms with Crippen molar-refractivity contribution in [2.75, 3.05) is 33.3 Å². The summed E-state index contributed by atoms with van der Waals surface area (Å²) in [6, 6.07) is 4.06. The number of hydrogen-bond donors (Lipinski definition) is 0. The van der Waals surface area contributed by atoms with Crippen molar-refractivity contribution in [1.82, 2.24) is 9.80 Å². The topological polar surface area (TPSA) is 49.9 Å². The summed E-state index contributed by atoms with van der Waals surface area (Å²) in [5.41, 5.74) is 3.18. The molecule has 0 spiro atoms. The van der Waals surface area contributed by atoms with Gasteiger partial charge in [-0.1, -0.05) is 19.4 Å². The normalized spacial score (nSPS) is 14.9. The summed E-state index contributed by atoms with van der Waals surface area (Å²) in [4.78, 5) is 28.9. The molecule has 144 valence electrons. The van der Waals surface area contributed by atoms with Crippen LogP contribution in [0.5, 0.6) is 5.75 Å². The van der Waals surface area contributed by atoms with Gasteiger partial charge in [0.05, 0.1) is 13.5 Å². The van der Waals surface area contributed by atoms with Crippen molar-refractivity contribution < 1.29 is 14.3 Å². The first-order chi connectivity index (χ1) is 12.5. The zero-order chi connectivity index (χ0) is 19.1. The van der Waals surface area contributed by atoms with Crippen molar-refractivity contribution in [3.63, 3.8) is 0 Å². The van der Waals surface area contributed by atoms with Crippen LogP contribution in [-0.4, -0.2) is 54.9 Å². The molecule has 1 aliphatic heterocycles. The Labute approximate surface area is 157 Å². The molecule has 0 bridgehead atoms. The standard InChI is InChI=1S/C21H32N2O3/c1-5-6-8-20(24)22-9-7-10-23(12-11-22)21(25)15-18-17(3)13-16(2)14-19(18)26-4/h13-14H,5-12,15H2,1-4H3. The molecule has 1 aliphatic rings. The molecule has 5 heteroatoms. The van der Waals surface area contributed by atoms with E-state index in [0.29, 0.717) is 32.5 Å². The average Bonchev–Trinajstić information content (AvgIpc) is 2.87. The Kier molecular flexibility index (Phi) is 7.49. The highest BCUT2D eigenvalue weighted by atomic mass is 16.5. The van der Waals surface area contributed by atoms with Crippen LogP contribution in [0.25, 0.3) is 0 Å². The SMILES string of the molecule is CCCCC(=O)N1CCCN(C(=O)Cc2c(C)cc(C)cc2OC)CC1. The number of methoxy groups -OCH3 is 1. The predicted molar refractivity (Wildman–Crippen MR) is 103 cm³/mol. The average molecular weight is 360 g/mol. The Morgan fingerprint density at radius 3 is 2.31 bits per heavy atom. The smallest absolute Gasteiger partial charge is 0.227 e. The van der Waals surface area contributed by atoms with Crippen LogP contribution in [0.2, 0.25) is 0 Å². The number of carbonyl (C=O) groups is 2. The lowest BCUT2D eigenvalue weighted by Crippen LogP contribution is -2.38. The van der Waals surface area contributed by atoms with Gasteiger partial charge in [-0.25, -0.2) is 0 Å². The monoisotopic (exact) mass is 360 g/mol. The van der Waals surface area contributed by atoms with Crippen molar-refractivity contribution >= 4 is 11.8 Å². The molecule has 0 N–H and O–H groups in total. The second-order valence-corrected chi connectivity index (χ2v) is 7.16. The Morgan fingerprint density at radius 2 is 1.69 bits per heavy atom. The molecule has 26 heavy (non-hydrogen) atoms. The minimum absolute atomic E-state index is 0.109. The van der Waals surface area contributed by atoms with Crippen LogP contribution in [0.4, 0.5) is 0 Å². The van der Waals surface area contributed by atoms with Gasteiger partial charge in [0.15, 0.2) is 0 Å². The first kappa shape index (κ1) is 20.3. The third kappa shape index (κ3) is 5.23. The van der Waals surface area contributed by atoms with Crippen LogP contribution in [0, 0.1) is 13.8 Å². The number of carbonyl (C=O) groups excluding carboxylic acids is 2. The first-order valence-corrected chi connectivity index (χ1v) is 9.66. The first-order valence-electron chi connectivity index (χ1n) is 9.66. The lowest BCUT2D eigenvalue weighted by Gasteiger charge is -2.23. The van der Waals surface area contributed by atoms with Gasteiger partial charge in [0.2, 0.25) is 11.8 Å². The van der Waals surface area contributed by atoms with Crippen LogP contribution in [0.3, 0.4) is 0 Å². The fourth-order valence-electron chi connectivity index (χ4n) is 3.53. The Morgan fingerprint density at radius 1 is 1.04 bits per heavy atom. The Balaban J connectivity index is 2.00. The van der Waals surface area contributed by atoms with Gasteiger partial charge in [-0.15, -0.1) is 0 Å². The molecule has 1 saturated heterocycles. The molecule has 0 radical (unpaired) electrons. The number of aryl methyl sites for hydroxylation is 2. The molecule has 1 heterocycles. The summed E-state index contributed by atoms with van der Waals surface area (Å²) in [5, 5.41) is 0. The minimum atomic E-state index is 0.109. The molecule has 1 fully saturated rings. The molecular weight excluding hydrogens is 328 g/mol. The van der Waals surface area contributed by atoms with Gasteiger partial charge in [-0.2, -0.15) is 0 Å². The van der Waals surface area contributed by atoms with Crippen molar-refractivity contribution in [1.29, 1.82) is 0 Å². The summed E-state index contributed by atoms with van der Waals surface area (Å²) in [6.07, 6.45) is 3.77. The van der Waals surface area contributed by atoms with Gasteiger partial charge >= 0.3 is 0 Å². The van der Waals surface area contributed by atoms with Gasteiger partial charge in [-0.05, 0) is 43.9 Å². The van der Waals surface area contributed by atoms with E-state index in [2.05, 4.69) is 13.0 Å². The summed E-state index contributed by atoms with van der Waals surface area (Å²) < 4.78 is 5.48. The fourth-order valence-corrected chi connectivity index (χ4v) is 3.53. The van der Waals surface area contributed by atoms with E-state index in [4.69, 9.17) is 4.74 Å². The zero-order valence-corrected chi connectivity index (χ0v) is 16.6. The Hall–Kier alpha value is -2.04. The zero-order valence-electron chi connectivity index (χ0n) is 16.6. The van der Waals surface area contributed by atoms with E-state index >= 15 is 0 Å². The highest BCUT2D eigenvalue weighted by Crippen LogP contribution is 2.25. The molecule has 1 aromatic rings. The highest BCUT2D eigenvalue weighted by Gasteiger charge is 2.23. The molecule has 0 aliphatic carbocycles. The minimum Gasteiger partial charge on any atom is -0.496 e. The van der Waals surface area contributed by atoms with Crippen molar-refractivity contribution in [2.24, 2.45) is 0 Å². The maximum Gasteiger partial charge on any atom is 0.227 e. The van der Waals surface area contributed by atoms with E-state index in [9.17, 15) is 9.59 Å². The second-order valence-electron chi connectivity index (χ2n) is 7.16. The van der Waals surface area contributed by atoms with Gasteiger partial charge < -0.3 is 14.5 Å². The molecular formula is C21H32N2O3. The van der Waals surface area contributed by atoms with Crippen molar-refractivity contribution in [2.45, 2.75) is 52.9 Å². The molecule has 0 unspecified atom stereocenters. The van der Waals surface area contributed by atoms with Crippen molar-refractivity contribution in [3.05, 3.63) is 28.8 Å². The lowest BCUT2D eigenvalue weighted by molar-refractivity contribution is -0.133. The molecule has 2 amide bonds. The van der Waals surface area contributed by atoms with E-state index in [1.54, 1.807) is 7.11 Å². The van der Waals surface area contributed by atoms with Gasteiger partial charge in [0.1, 0.15) is 5.75 Å². The summed E-state index contributed by atoms with van der Waals surface area (Å²) in [7, 11) is 1.65. The van der Waals surface area contributed by atoms with Gasteiger partial charge in [0, 0.05) is 38.2 Å². The molecule has 5 nitrogen and oxygen atoms in total. The predicted octanol–water partition coefficient (Wildman–Crippen LogP) is 3.11. The van der Waals surface area contributed by atoms with Gasteiger partial charge in [-0.3, -0.25) is 9.59 Å². The summed E-state index contributed by atoms with van der Waals surface area (Å²) >= 11 is 0.